The monoisotopic (exact) mass is 412 g/mol. The molecule has 130 valence electrons. The van der Waals surface area contributed by atoms with Crippen LogP contribution in [0.3, 0.4) is 0 Å². The molecule has 2 heterocycles. The first kappa shape index (κ1) is 18.3. The molecule has 0 saturated heterocycles. The molecule has 3 rings (SSSR count). The second-order valence-corrected chi connectivity index (χ2v) is 8.34. The zero-order valence-electron chi connectivity index (χ0n) is 13.2. The van der Waals surface area contributed by atoms with Gasteiger partial charge in [0.2, 0.25) is 5.91 Å². The molecule has 3 aromatic rings. The van der Waals surface area contributed by atoms with Crippen molar-refractivity contribution in [3.05, 3.63) is 56.5 Å². The molecule has 0 aliphatic carbocycles. The zero-order valence-corrected chi connectivity index (χ0v) is 16.3. The Bertz CT molecular complexity index is 894. The van der Waals surface area contributed by atoms with E-state index in [1.807, 2.05) is 41.8 Å². The van der Waals surface area contributed by atoms with Crippen molar-refractivity contribution in [1.29, 1.82) is 0 Å². The standard InChI is InChI=1S/C16H14Cl2N4OS2/c1-10-2-3-11(6-13(10)17)22-9-20-21-16(22)24-8-15(23)19-7-12-4-5-14(18)25-12/h2-6,9H,7-8H2,1H3,(H,19,23). The van der Waals surface area contributed by atoms with E-state index >= 15 is 0 Å². The van der Waals surface area contributed by atoms with E-state index in [0.717, 1.165) is 16.1 Å². The van der Waals surface area contributed by atoms with Crippen molar-refractivity contribution in [3.63, 3.8) is 0 Å². The van der Waals surface area contributed by atoms with Crippen molar-refractivity contribution in [2.45, 2.75) is 18.6 Å². The Morgan fingerprint density at radius 2 is 2.16 bits per heavy atom. The van der Waals surface area contributed by atoms with Crippen LogP contribution in [0.4, 0.5) is 0 Å². The fourth-order valence-corrected chi connectivity index (χ4v) is 4.01. The van der Waals surface area contributed by atoms with Crippen molar-refractivity contribution >= 4 is 52.2 Å². The third-order valence-corrected chi connectivity index (χ3v) is 5.95. The maximum Gasteiger partial charge on any atom is 0.230 e. The number of rotatable bonds is 6. The van der Waals surface area contributed by atoms with Crippen LogP contribution in [-0.2, 0) is 11.3 Å². The van der Waals surface area contributed by atoms with E-state index in [-0.39, 0.29) is 11.7 Å². The minimum Gasteiger partial charge on any atom is -0.350 e. The van der Waals surface area contributed by atoms with Crippen molar-refractivity contribution in [1.82, 2.24) is 20.1 Å². The van der Waals surface area contributed by atoms with Crippen molar-refractivity contribution in [3.8, 4) is 5.69 Å². The minimum absolute atomic E-state index is 0.0778. The zero-order chi connectivity index (χ0) is 17.8. The molecular weight excluding hydrogens is 399 g/mol. The van der Waals surface area contributed by atoms with Gasteiger partial charge in [0.25, 0.3) is 0 Å². The molecular formula is C16H14Cl2N4OS2. The average molecular weight is 413 g/mol. The Hall–Kier alpha value is -1.54. The minimum atomic E-state index is -0.0778. The number of nitrogens with zero attached hydrogens (tertiary/aromatic N) is 3. The molecule has 2 aromatic heterocycles. The van der Waals surface area contributed by atoms with Gasteiger partial charge in [-0.25, -0.2) is 0 Å². The summed E-state index contributed by atoms with van der Waals surface area (Å²) in [5, 5.41) is 12.2. The van der Waals surface area contributed by atoms with Gasteiger partial charge in [-0.1, -0.05) is 41.0 Å². The van der Waals surface area contributed by atoms with Crippen LogP contribution in [0, 0.1) is 6.92 Å². The van der Waals surface area contributed by atoms with Crippen LogP contribution >= 0.6 is 46.3 Å². The molecule has 25 heavy (non-hydrogen) atoms. The lowest BCUT2D eigenvalue weighted by molar-refractivity contribution is -0.118. The van der Waals surface area contributed by atoms with Gasteiger partial charge in [-0.05, 0) is 36.8 Å². The van der Waals surface area contributed by atoms with Gasteiger partial charge in [0.15, 0.2) is 5.16 Å². The number of aryl methyl sites for hydroxylation is 1. The molecule has 0 bridgehead atoms. The van der Waals surface area contributed by atoms with E-state index < -0.39 is 0 Å². The molecule has 0 saturated carbocycles. The number of hydrogen-bond donors (Lipinski definition) is 1. The summed E-state index contributed by atoms with van der Waals surface area (Å²) in [6.07, 6.45) is 1.61. The summed E-state index contributed by atoms with van der Waals surface area (Å²) in [6, 6.07) is 9.45. The van der Waals surface area contributed by atoms with Gasteiger partial charge in [0, 0.05) is 9.90 Å². The Morgan fingerprint density at radius 3 is 2.88 bits per heavy atom. The van der Waals surface area contributed by atoms with Crippen LogP contribution in [0.25, 0.3) is 5.69 Å². The fraction of sp³-hybridized carbons (Fsp3) is 0.188. The molecule has 0 aliphatic heterocycles. The van der Waals surface area contributed by atoms with Crippen LogP contribution in [0.15, 0.2) is 41.8 Å². The molecule has 1 N–H and O–H groups in total. The second kappa shape index (κ2) is 8.23. The number of thioether (sulfide) groups is 1. The third-order valence-electron chi connectivity index (χ3n) is 3.37. The summed E-state index contributed by atoms with van der Waals surface area (Å²) in [6.45, 7) is 2.41. The highest BCUT2D eigenvalue weighted by atomic mass is 35.5. The highest BCUT2D eigenvalue weighted by molar-refractivity contribution is 7.99. The van der Waals surface area contributed by atoms with Crippen LogP contribution in [0.1, 0.15) is 10.4 Å². The van der Waals surface area contributed by atoms with Crippen LogP contribution in [0.5, 0.6) is 0 Å². The van der Waals surface area contributed by atoms with Gasteiger partial charge >= 0.3 is 0 Å². The van der Waals surface area contributed by atoms with Gasteiger partial charge in [-0.3, -0.25) is 9.36 Å². The van der Waals surface area contributed by atoms with E-state index in [9.17, 15) is 4.79 Å². The quantitative estimate of drug-likeness (QED) is 0.611. The number of carbonyl (C=O) groups excluding carboxylic acids is 1. The predicted molar refractivity (Wildman–Crippen MR) is 103 cm³/mol. The number of amides is 1. The normalized spacial score (nSPS) is 10.8. The van der Waals surface area contributed by atoms with Crippen LogP contribution < -0.4 is 5.32 Å². The Labute approximate surface area is 163 Å². The Morgan fingerprint density at radius 1 is 1.32 bits per heavy atom. The summed E-state index contributed by atoms with van der Waals surface area (Å²) in [5.74, 6) is 0.170. The number of benzene rings is 1. The van der Waals surface area contributed by atoms with Gasteiger partial charge in [0.05, 0.1) is 22.3 Å². The van der Waals surface area contributed by atoms with Crippen molar-refractivity contribution in [2.24, 2.45) is 0 Å². The average Bonchev–Trinajstić information content (AvgIpc) is 3.22. The van der Waals surface area contributed by atoms with Crippen LogP contribution in [-0.4, -0.2) is 26.4 Å². The fourth-order valence-electron chi connectivity index (χ4n) is 2.05. The highest BCUT2D eigenvalue weighted by Gasteiger charge is 2.11. The first-order valence-corrected chi connectivity index (χ1v) is 9.89. The van der Waals surface area contributed by atoms with E-state index in [4.69, 9.17) is 23.2 Å². The second-order valence-electron chi connectivity index (χ2n) is 5.19. The third kappa shape index (κ3) is 4.76. The van der Waals surface area contributed by atoms with E-state index in [0.29, 0.717) is 21.1 Å². The first-order chi connectivity index (χ1) is 12.0. The predicted octanol–water partition coefficient (Wildman–Crippen LogP) is 4.35. The SMILES string of the molecule is Cc1ccc(-n2cnnc2SCC(=O)NCc2ccc(Cl)s2)cc1Cl. The summed E-state index contributed by atoms with van der Waals surface area (Å²) in [7, 11) is 0. The number of halogens is 2. The number of aromatic nitrogens is 3. The number of nitrogens with one attached hydrogen (secondary N) is 1. The lowest BCUT2D eigenvalue weighted by Crippen LogP contribution is -2.24. The summed E-state index contributed by atoms with van der Waals surface area (Å²) in [5.41, 5.74) is 1.86. The molecule has 0 atom stereocenters. The molecule has 1 aromatic carbocycles. The molecule has 0 radical (unpaired) electrons. The summed E-state index contributed by atoms with van der Waals surface area (Å²) in [4.78, 5) is 13.0. The number of carbonyl (C=O) groups is 1. The Kier molecular flexibility index (Phi) is 6.01. The van der Waals surface area contributed by atoms with Crippen LogP contribution in [0.2, 0.25) is 9.36 Å². The summed E-state index contributed by atoms with van der Waals surface area (Å²) >= 11 is 14.8. The van der Waals surface area contributed by atoms with E-state index in [1.165, 1.54) is 23.1 Å². The largest absolute Gasteiger partial charge is 0.350 e. The number of hydrogen-bond acceptors (Lipinski definition) is 5. The van der Waals surface area contributed by atoms with Crippen molar-refractivity contribution < 1.29 is 4.79 Å². The molecule has 0 spiro atoms. The topological polar surface area (TPSA) is 59.8 Å². The number of thiophene rings is 1. The molecule has 0 fully saturated rings. The lowest BCUT2D eigenvalue weighted by Gasteiger charge is -2.08. The van der Waals surface area contributed by atoms with Gasteiger partial charge in [-0.15, -0.1) is 21.5 Å². The Balaban J connectivity index is 1.59. The molecule has 0 aliphatic rings. The van der Waals surface area contributed by atoms with Gasteiger partial charge < -0.3 is 5.32 Å². The molecule has 0 unspecified atom stereocenters. The van der Waals surface area contributed by atoms with Gasteiger partial charge in [-0.2, -0.15) is 0 Å². The van der Waals surface area contributed by atoms with Gasteiger partial charge in [0.1, 0.15) is 6.33 Å². The molecule has 1 amide bonds. The maximum atomic E-state index is 12.0. The molecule has 9 heteroatoms. The van der Waals surface area contributed by atoms with E-state index in [1.54, 1.807) is 6.33 Å². The highest BCUT2D eigenvalue weighted by Crippen LogP contribution is 2.24. The first-order valence-electron chi connectivity index (χ1n) is 7.33. The lowest BCUT2D eigenvalue weighted by atomic mass is 10.2. The smallest absolute Gasteiger partial charge is 0.230 e. The summed E-state index contributed by atoms with van der Waals surface area (Å²) < 4.78 is 2.52. The van der Waals surface area contributed by atoms with E-state index in [2.05, 4.69) is 15.5 Å². The molecule has 5 nitrogen and oxygen atoms in total. The maximum absolute atomic E-state index is 12.0. The van der Waals surface area contributed by atoms with Crippen molar-refractivity contribution in [2.75, 3.05) is 5.75 Å².